The Morgan fingerprint density at radius 1 is 0.404 bits per heavy atom. The highest BCUT2D eigenvalue weighted by atomic mass is 32.2. The summed E-state index contributed by atoms with van der Waals surface area (Å²) in [5, 5.41) is 2.58. The molecule has 2 aliphatic rings. The zero-order chi connectivity index (χ0) is 34.2. The Labute approximate surface area is 307 Å². The van der Waals surface area contributed by atoms with Gasteiger partial charge in [-0.2, -0.15) is 0 Å². The zero-order valence-electron chi connectivity index (χ0n) is 28.3. The topological polar surface area (TPSA) is 8.17 Å². The molecule has 0 saturated heterocycles. The summed E-state index contributed by atoms with van der Waals surface area (Å²) < 4.78 is 2.51. The summed E-state index contributed by atoms with van der Waals surface area (Å²) in [5.41, 5.74) is 14.3. The Kier molecular flexibility index (Phi) is 6.43. The molecule has 0 N–H and O–H groups in total. The summed E-state index contributed by atoms with van der Waals surface area (Å²) in [7, 11) is 0. The van der Waals surface area contributed by atoms with Crippen molar-refractivity contribution in [3.63, 3.8) is 0 Å². The summed E-state index contributed by atoms with van der Waals surface area (Å²) in [5.74, 6) is 0. The van der Waals surface area contributed by atoms with Crippen LogP contribution in [0.15, 0.2) is 204 Å². The van der Waals surface area contributed by atoms with Crippen molar-refractivity contribution in [1.29, 1.82) is 0 Å². The Hall–Kier alpha value is -6.29. The Morgan fingerprint density at radius 3 is 1.85 bits per heavy atom. The number of para-hydroxylation sites is 4. The molecule has 0 fully saturated rings. The minimum atomic E-state index is -0.535. The van der Waals surface area contributed by atoms with E-state index in [0.717, 1.165) is 17.1 Å². The van der Waals surface area contributed by atoms with Crippen LogP contribution in [0.25, 0.3) is 38.6 Å². The fourth-order valence-corrected chi connectivity index (χ4v) is 10.1. The zero-order valence-corrected chi connectivity index (χ0v) is 29.1. The molecule has 0 aliphatic carbocycles. The lowest BCUT2D eigenvalue weighted by Crippen LogP contribution is -2.37. The monoisotopic (exact) mass is 680 g/mol. The number of aromatic nitrogens is 1. The van der Waals surface area contributed by atoms with E-state index in [2.05, 4.69) is 204 Å². The number of hydrogen-bond donors (Lipinski definition) is 0. The standard InChI is InChI=1S/C49H32N2S/c1-3-14-33(15-4-1)34-26-28-36(29-27-34)50(35-16-5-2-6-17-35)37-30-31-47-43(32-37)49(41-21-9-12-25-46(41)52-47)40-20-8-11-24-45(40)51-44-23-10-7-18-38(44)39-19-13-22-42(49)48(39)51/h1-32H. The molecule has 11 rings (SSSR count). The molecule has 1 unspecified atom stereocenters. The second kappa shape index (κ2) is 11.4. The normalized spacial score (nSPS) is 15.3. The number of hydrogen-bond acceptors (Lipinski definition) is 2. The third-order valence-corrected chi connectivity index (χ3v) is 12.2. The molecule has 1 aromatic heterocycles. The molecule has 0 amide bonds. The highest BCUT2D eigenvalue weighted by Gasteiger charge is 2.49. The number of rotatable bonds is 4. The molecule has 1 atom stereocenters. The minimum absolute atomic E-state index is 0.535. The molecular weight excluding hydrogens is 649 g/mol. The first-order chi connectivity index (χ1) is 25.8. The molecule has 2 nitrogen and oxygen atoms in total. The average molecular weight is 681 g/mol. The van der Waals surface area contributed by atoms with Crippen LogP contribution in [0.1, 0.15) is 22.3 Å². The van der Waals surface area contributed by atoms with Crippen LogP contribution in [0, 0.1) is 0 Å². The molecule has 244 valence electrons. The summed E-state index contributed by atoms with van der Waals surface area (Å²) in [4.78, 5) is 4.99. The van der Waals surface area contributed by atoms with E-state index >= 15 is 0 Å². The molecule has 52 heavy (non-hydrogen) atoms. The Balaban J connectivity index is 1.21. The minimum Gasteiger partial charge on any atom is -0.310 e. The molecule has 2 aliphatic heterocycles. The van der Waals surface area contributed by atoms with E-state index in [9.17, 15) is 0 Å². The van der Waals surface area contributed by atoms with E-state index < -0.39 is 5.41 Å². The van der Waals surface area contributed by atoms with Gasteiger partial charge in [0.2, 0.25) is 0 Å². The second-order valence-electron chi connectivity index (χ2n) is 13.7. The van der Waals surface area contributed by atoms with Crippen LogP contribution in [0.2, 0.25) is 0 Å². The quantitative estimate of drug-likeness (QED) is 0.183. The van der Waals surface area contributed by atoms with Crippen LogP contribution in [0.3, 0.4) is 0 Å². The van der Waals surface area contributed by atoms with Gasteiger partial charge in [0.1, 0.15) is 0 Å². The molecule has 0 radical (unpaired) electrons. The first kappa shape index (κ1) is 29.4. The summed E-state index contributed by atoms with van der Waals surface area (Å²) in [6.07, 6.45) is 0. The van der Waals surface area contributed by atoms with Crippen molar-refractivity contribution < 1.29 is 0 Å². The van der Waals surface area contributed by atoms with Crippen molar-refractivity contribution >= 4 is 50.6 Å². The van der Waals surface area contributed by atoms with Gasteiger partial charge in [0.25, 0.3) is 0 Å². The summed E-state index contributed by atoms with van der Waals surface area (Å²) in [6.45, 7) is 0. The lowest BCUT2D eigenvalue weighted by Gasteiger charge is -2.45. The van der Waals surface area contributed by atoms with Gasteiger partial charge in [-0.3, -0.25) is 0 Å². The van der Waals surface area contributed by atoms with Crippen LogP contribution in [0.5, 0.6) is 0 Å². The van der Waals surface area contributed by atoms with Crippen molar-refractivity contribution in [2.24, 2.45) is 0 Å². The van der Waals surface area contributed by atoms with Gasteiger partial charge < -0.3 is 9.47 Å². The SMILES string of the molecule is c1ccc(-c2ccc(N(c3ccccc3)c3ccc4c(c3)C3(c5ccccc5S4)c4ccccc4-n4c5ccccc5c5cccc3c54)cc2)cc1. The second-order valence-corrected chi connectivity index (χ2v) is 14.8. The fraction of sp³-hybridized carbons (Fsp3) is 0.0204. The van der Waals surface area contributed by atoms with E-state index in [4.69, 9.17) is 0 Å². The predicted molar refractivity (Wildman–Crippen MR) is 217 cm³/mol. The molecule has 8 aromatic carbocycles. The van der Waals surface area contributed by atoms with Gasteiger partial charge >= 0.3 is 0 Å². The number of nitrogens with zero attached hydrogens (tertiary/aromatic N) is 2. The third kappa shape index (κ3) is 4.08. The number of benzene rings is 8. The lowest BCUT2D eigenvalue weighted by molar-refractivity contribution is 0.689. The van der Waals surface area contributed by atoms with E-state index in [1.807, 2.05) is 11.8 Å². The van der Waals surface area contributed by atoms with E-state index in [1.165, 1.54) is 70.7 Å². The summed E-state index contributed by atoms with van der Waals surface area (Å²) in [6, 6.07) is 71.5. The van der Waals surface area contributed by atoms with E-state index in [1.54, 1.807) is 0 Å². The van der Waals surface area contributed by atoms with E-state index in [0.29, 0.717) is 0 Å². The largest absolute Gasteiger partial charge is 0.310 e. The van der Waals surface area contributed by atoms with Gasteiger partial charge in [0, 0.05) is 37.6 Å². The van der Waals surface area contributed by atoms with Gasteiger partial charge in [-0.05, 0) is 94.0 Å². The highest BCUT2D eigenvalue weighted by Crippen LogP contribution is 2.61. The van der Waals surface area contributed by atoms with Crippen molar-refractivity contribution in [2.45, 2.75) is 15.2 Å². The highest BCUT2D eigenvalue weighted by molar-refractivity contribution is 7.99. The van der Waals surface area contributed by atoms with Crippen LogP contribution < -0.4 is 4.90 Å². The van der Waals surface area contributed by atoms with Crippen molar-refractivity contribution in [2.75, 3.05) is 4.90 Å². The predicted octanol–water partition coefficient (Wildman–Crippen LogP) is 13.1. The van der Waals surface area contributed by atoms with Crippen molar-refractivity contribution in [3.8, 4) is 16.8 Å². The smallest absolute Gasteiger partial charge is 0.0765 e. The molecule has 1 spiro atoms. The molecule has 0 bridgehead atoms. The first-order valence-corrected chi connectivity index (χ1v) is 18.7. The van der Waals surface area contributed by atoms with Gasteiger partial charge in [-0.1, -0.05) is 145 Å². The van der Waals surface area contributed by atoms with Gasteiger partial charge in [0.15, 0.2) is 0 Å². The number of anilines is 3. The van der Waals surface area contributed by atoms with Crippen molar-refractivity contribution in [3.05, 3.63) is 216 Å². The van der Waals surface area contributed by atoms with Gasteiger partial charge in [0.05, 0.1) is 22.1 Å². The average Bonchev–Trinajstić information content (AvgIpc) is 3.56. The molecule has 9 aromatic rings. The number of fused-ring (bicyclic) bond motifs is 11. The maximum Gasteiger partial charge on any atom is 0.0765 e. The van der Waals surface area contributed by atoms with Gasteiger partial charge in [-0.25, -0.2) is 0 Å². The van der Waals surface area contributed by atoms with E-state index in [-0.39, 0.29) is 0 Å². The van der Waals surface area contributed by atoms with Crippen molar-refractivity contribution in [1.82, 2.24) is 4.57 Å². The molecule has 0 saturated carbocycles. The fourth-order valence-electron chi connectivity index (χ4n) is 8.91. The molecular formula is C49H32N2S. The Bertz CT molecular complexity index is 2820. The first-order valence-electron chi connectivity index (χ1n) is 17.9. The Morgan fingerprint density at radius 2 is 1.00 bits per heavy atom. The molecule has 3 heteroatoms. The summed E-state index contributed by atoms with van der Waals surface area (Å²) >= 11 is 1.89. The van der Waals surface area contributed by atoms with Crippen LogP contribution in [-0.4, -0.2) is 4.57 Å². The van der Waals surface area contributed by atoms with Crippen LogP contribution in [-0.2, 0) is 5.41 Å². The lowest BCUT2D eigenvalue weighted by atomic mass is 9.62. The van der Waals surface area contributed by atoms with Crippen LogP contribution in [0.4, 0.5) is 17.1 Å². The third-order valence-electron chi connectivity index (χ3n) is 11.0. The maximum atomic E-state index is 2.51. The maximum absolute atomic E-state index is 2.51. The van der Waals surface area contributed by atoms with Gasteiger partial charge in [-0.15, -0.1) is 0 Å². The molecule has 3 heterocycles. The van der Waals surface area contributed by atoms with Crippen LogP contribution >= 0.6 is 11.8 Å².